The van der Waals surface area contributed by atoms with Gasteiger partial charge in [0.2, 0.25) is 6.41 Å². The van der Waals surface area contributed by atoms with Gasteiger partial charge in [-0.25, -0.2) is 5.06 Å². The first-order valence-electron chi connectivity index (χ1n) is 5.79. The number of rotatable bonds is 3. The summed E-state index contributed by atoms with van der Waals surface area (Å²) < 4.78 is 0. The number of benzene rings is 1. The summed E-state index contributed by atoms with van der Waals surface area (Å²) in [4.78, 5) is 10.9. The molecule has 0 atom stereocenters. The largest absolute Gasteiger partial charge is 0.285 e. The van der Waals surface area contributed by atoms with E-state index in [9.17, 15) is 10.0 Å². The summed E-state index contributed by atoms with van der Waals surface area (Å²) in [5, 5.41) is 10.7. The van der Waals surface area contributed by atoms with E-state index >= 15 is 0 Å². The monoisotopic (exact) mass is 219 g/mol. The summed E-state index contributed by atoms with van der Waals surface area (Å²) in [5.41, 5.74) is 0.533. The fourth-order valence-electron chi connectivity index (χ4n) is 2.64. The SMILES string of the molecule is O=CN(O)C1(c2ccccc2)CCCCC1. The highest BCUT2D eigenvalue weighted by atomic mass is 16.5. The maximum Gasteiger partial charge on any atom is 0.234 e. The molecule has 3 heteroatoms. The molecule has 0 bridgehead atoms. The fourth-order valence-corrected chi connectivity index (χ4v) is 2.64. The van der Waals surface area contributed by atoms with Crippen LogP contribution in [0.2, 0.25) is 0 Å². The van der Waals surface area contributed by atoms with Crippen LogP contribution >= 0.6 is 0 Å². The number of carbonyl (C=O) groups excluding carboxylic acids is 1. The van der Waals surface area contributed by atoms with E-state index in [1.54, 1.807) is 0 Å². The predicted octanol–water partition coefficient (Wildman–Crippen LogP) is 2.69. The molecule has 0 aromatic heterocycles. The molecule has 0 radical (unpaired) electrons. The molecular formula is C13H17NO2. The molecule has 3 nitrogen and oxygen atoms in total. The van der Waals surface area contributed by atoms with Gasteiger partial charge in [0.15, 0.2) is 0 Å². The Morgan fingerprint density at radius 3 is 2.31 bits per heavy atom. The number of hydrogen-bond acceptors (Lipinski definition) is 2. The zero-order chi connectivity index (χ0) is 11.4. The van der Waals surface area contributed by atoms with E-state index in [1.807, 2.05) is 30.3 Å². The zero-order valence-corrected chi connectivity index (χ0v) is 9.30. The quantitative estimate of drug-likeness (QED) is 0.482. The van der Waals surface area contributed by atoms with E-state index in [4.69, 9.17) is 0 Å². The Labute approximate surface area is 95.6 Å². The molecule has 0 aliphatic heterocycles. The molecule has 0 unspecified atom stereocenters. The Morgan fingerprint density at radius 1 is 1.12 bits per heavy atom. The van der Waals surface area contributed by atoms with Crippen LogP contribution in [0.25, 0.3) is 0 Å². The molecule has 1 N–H and O–H groups in total. The van der Waals surface area contributed by atoms with Gasteiger partial charge in [-0.1, -0.05) is 49.6 Å². The van der Waals surface area contributed by atoms with Crippen molar-refractivity contribution in [1.82, 2.24) is 5.06 Å². The molecule has 0 spiro atoms. The van der Waals surface area contributed by atoms with Crippen molar-refractivity contribution in [2.24, 2.45) is 0 Å². The van der Waals surface area contributed by atoms with Gasteiger partial charge in [0.25, 0.3) is 0 Å². The van der Waals surface area contributed by atoms with Crippen molar-refractivity contribution in [2.45, 2.75) is 37.6 Å². The van der Waals surface area contributed by atoms with Gasteiger partial charge in [-0.2, -0.15) is 0 Å². The summed E-state index contributed by atoms with van der Waals surface area (Å²) in [6, 6.07) is 9.81. The second kappa shape index (κ2) is 4.66. The normalized spacial score (nSPS) is 19.1. The molecule has 0 saturated heterocycles. The van der Waals surface area contributed by atoms with Crippen LogP contribution in [0.1, 0.15) is 37.7 Å². The Kier molecular flexibility index (Phi) is 3.25. The molecular weight excluding hydrogens is 202 g/mol. The first kappa shape index (κ1) is 11.1. The van der Waals surface area contributed by atoms with Gasteiger partial charge < -0.3 is 0 Å². The first-order chi connectivity index (χ1) is 7.79. The van der Waals surface area contributed by atoms with E-state index < -0.39 is 5.54 Å². The van der Waals surface area contributed by atoms with Crippen LogP contribution in [0.5, 0.6) is 0 Å². The lowest BCUT2D eigenvalue weighted by molar-refractivity contribution is -0.188. The Balaban J connectivity index is 2.37. The van der Waals surface area contributed by atoms with E-state index in [-0.39, 0.29) is 0 Å². The maximum atomic E-state index is 10.9. The van der Waals surface area contributed by atoms with Crippen molar-refractivity contribution in [3.8, 4) is 0 Å². The Morgan fingerprint density at radius 2 is 1.75 bits per heavy atom. The number of amides is 1. The van der Waals surface area contributed by atoms with Crippen LogP contribution in [0.3, 0.4) is 0 Å². The lowest BCUT2D eigenvalue weighted by atomic mass is 9.76. The minimum atomic E-state index is -0.499. The van der Waals surface area contributed by atoms with Crippen LogP contribution in [0.15, 0.2) is 30.3 Å². The smallest absolute Gasteiger partial charge is 0.234 e. The molecule has 1 fully saturated rings. The molecule has 0 heterocycles. The minimum absolute atomic E-state index is 0.499. The molecule has 1 aromatic carbocycles. The Bertz CT molecular complexity index is 344. The predicted molar refractivity (Wildman–Crippen MR) is 60.9 cm³/mol. The average molecular weight is 219 g/mol. The van der Waals surface area contributed by atoms with Gasteiger partial charge in [0, 0.05) is 0 Å². The van der Waals surface area contributed by atoms with Crippen molar-refractivity contribution >= 4 is 6.41 Å². The number of nitrogens with zero attached hydrogens (tertiary/aromatic N) is 1. The van der Waals surface area contributed by atoms with E-state index in [2.05, 4.69) is 0 Å². The van der Waals surface area contributed by atoms with Crippen molar-refractivity contribution in [3.05, 3.63) is 35.9 Å². The van der Waals surface area contributed by atoms with Gasteiger partial charge >= 0.3 is 0 Å². The van der Waals surface area contributed by atoms with Crippen molar-refractivity contribution < 1.29 is 10.0 Å². The number of hydrogen-bond donors (Lipinski definition) is 1. The fraction of sp³-hybridized carbons (Fsp3) is 0.462. The molecule has 86 valence electrons. The highest BCUT2D eigenvalue weighted by Gasteiger charge is 2.38. The third kappa shape index (κ3) is 1.83. The second-order valence-electron chi connectivity index (χ2n) is 4.41. The number of carbonyl (C=O) groups is 1. The van der Waals surface area contributed by atoms with Crippen LogP contribution in [0.4, 0.5) is 0 Å². The van der Waals surface area contributed by atoms with E-state index in [0.29, 0.717) is 6.41 Å². The maximum absolute atomic E-state index is 10.9. The summed E-state index contributed by atoms with van der Waals surface area (Å²) in [5.74, 6) is 0. The van der Waals surface area contributed by atoms with Crippen molar-refractivity contribution in [3.63, 3.8) is 0 Å². The van der Waals surface area contributed by atoms with Crippen molar-refractivity contribution in [1.29, 1.82) is 0 Å². The third-order valence-corrected chi connectivity index (χ3v) is 3.53. The van der Waals surface area contributed by atoms with E-state index in [0.717, 1.165) is 36.3 Å². The summed E-state index contributed by atoms with van der Waals surface area (Å²) in [7, 11) is 0. The third-order valence-electron chi connectivity index (χ3n) is 3.53. The molecule has 1 saturated carbocycles. The summed E-state index contributed by atoms with van der Waals surface area (Å²) in [6.45, 7) is 0. The minimum Gasteiger partial charge on any atom is -0.285 e. The van der Waals surface area contributed by atoms with Crippen LogP contribution in [0, 0.1) is 0 Å². The lowest BCUT2D eigenvalue weighted by Crippen LogP contribution is -2.44. The average Bonchev–Trinajstić information content (AvgIpc) is 2.39. The highest BCUT2D eigenvalue weighted by Crippen LogP contribution is 2.40. The zero-order valence-electron chi connectivity index (χ0n) is 9.30. The van der Waals surface area contributed by atoms with Crippen molar-refractivity contribution in [2.75, 3.05) is 0 Å². The second-order valence-corrected chi connectivity index (χ2v) is 4.41. The molecule has 1 aromatic rings. The van der Waals surface area contributed by atoms with Gasteiger partial charge in [0.1, 0.15) is 0 Å². The summed E-state index contributed by atoms with van der Waals surface area (Å²) >= 11 is 0. The lowest BCUT2D eigenvalue weighted by Gasteiger charge is -2.41. The Hall–Kier alpha value is -1.35. The standard InChI is InChI=1S/C13H17NO2/c15-11-14(16)13(9-5-2-6-10-13)12-7-3-1-4-8-12/h1,3-4,7-8,11,16H,2,5-6,9-10H2. The summed E-state index contributed by atoms with van der Waals surface area (Å²) in [6.07, 6.45) is 5.50. The van der Waals surface area contributed by atoms with Gasteiger partial charge in [-0.15, -0.1) is 0 Å². The highest BCUT2D eigenvalue weighted by molar-refractivity contribution is 5.48. The van der Waals surface area contributed by atoms with Crippen LogP contribution < -0.4 is 0 Å². The van der Waals surface area contributed by atoms with Gasteiger partial charge in [-0.3, -0.25) is 10.0 Å². The first-order valence-corrected chi connectivity index (χ1v) is 5.79. The van der Waals surface area contributed by atoms with Gasteiger partial charge in [-0.05, 0) is 18.4 Å². The topological polar surface area (TPSA) is 40.5 Å². The number of hydroxylamine groups is 2. The molecule has 1 aliphatic rings. The van der Waals surface area contributed by atoms with E-state index in [1.165, 1.54) is 6.42 Å². The van der Waals surface area contributed by atoms with Crippen LogP contribution in [-0.4, -0.2) is 16.7 Å². The van der Waals surface area contributed by atoms with Crippen LogP contribution in [-0.2, 0) is 10.3 Å². The molecule has 1 amide bonds. The molecule has 2 rings (SSSR count). The van der Waals surface area contributed by atoms with Gasteiger partial charge in [0.05, 0.1) is 5.54 Å². The molecule has 1 aliphatic carbocycles. The molecule has 16 heavy (non-hydrogen) atoms.